The first-order valence-electron chi connectivity index (χ1n) is 5.77. The maximum atomic E-state index is 6.06. The van der Waals surface area contributed by atoms with Crippen LogP contribution in [0.4, 0.5) is 11.4 Å². The molecule has 0 bridgehead atoms. The van der Waals surface area contributed by atoms with Crippen LogP contribution in [-0.4, -0.2) is 17.0 Å². The summed E-state index contributed by atoms with van der Waals surface area (Å²) in [5.41, 5.74) is 2.88. The van der Waals surface area contributed by atoms with Gasteiger partial charge in [-0.2, -0.15) is 0 Å². The summed E-state index contributed by atoms with van der Waals surface area (Å²) < 4.78 is 0. The van der Waals surface area contributed by atoms with Crippen LogP contribution in [0.1, 0.15) is 0 Å². The van der Waals surface area contributed by atoms with Gasteiger partial charge in [0.2, 0.25) is 0 Å². The quantitative estimate of drug-likeness (QED) is 0.746. The lowest BCUT2D eigenvalue weighted by atomic mass is 10.2. The molecule has 3 aromatic rings. The first-order valence-corrected chi connectivity index (χ1v) is 6.53. The number of hydrogen-bond acceptors (Lipinski definition) is 2. The minimum Gasteiger partial charge on any atom is -0.344 e. The molecule has 0 saturated heterocycles. The number of halogens is 2. The summed E-state index contributed by atoms with van der Waals surface area (Å²) in [5.74, 6) is 0. The van der Waals surface area contributed by atoms with Crippen LogP contribution in [0.15, 0.2) is 42.7 Å². The molecule has 5 heteroatoms. The number of hydrogen-bond donors (Lipinski definition) is 1. The van der Waals surface area contributed by atoms with Gasteiger partial charge in [0.25, 0.3) is 0 Å². The van der Waals surface area contributed by atoms with Crippen molar-refractivity contribution < 1.29 is 0 Å². The summed E-state index contributed by atoms with van der Waals surface area (Å²) in [4.78, 5) is 9.48. The van der Waals surface area contributed by atoms with Crippen LogP contribution < -0.4 is 4.90 Å². The number of anilines is 2. The highest BCUT2D eigenvalue weighted by Gasteiger charge is 2.11. The maximum absolute atomic E-state index is 6.06. The normalized spacial score (nSPS) is 10.9. The number of benzene rings is 1. The van der Waals surface area contributed by atoms with E-state index >= 15 is 0 Å². The van der Waals surface area contributed by atoms with Crippen LogP contribution in [0.3, 0.4) is 0 Å². The Kier molecular flexibility index (Phi) is 3.09. The fraction of sp³-hybridized carbons (Fsp3) is 0.0714. The molecule has 0 spiro atoms. The van der Waals surface area contributed by atoms with E-state index in [9.17, 15) is 0 Å². The molecule has 1 aromatic carbocycles. The Morgan fingerprint density at radius 3 is 2.79 bits per heavy atom. The second-order valence-corrected chi connectivity index (χ2v) is 5.05. The molecule has 0 saturated carbocycles. The van der Waals surface area contributed by atoms with Gasteiger partial charge in [-0.3, -0.25) is 0 Å². The molecule has 0 fully saturated rings. The van der Waals surface area contributed by atoms with Gasteiger partial charge in [0, 0.05) is 30.5 Å². The molecule has 3 nitrogen and oxygen atoms in total. The lowest BCUT2D eigenvalue weighted by molar-refractivity contribution is 1.22. The van der Waals surface area contributed by atoms with Crippen molar-refractivity contribution in [2.24, 2.45) is 0 Å². The molecule has 96 valence electrons. The van der Waals surface area contributed by atoms with Crippen LogP contribution in [-0.2, 0) is 0 Å². The highest BCUT2D eigenvalue weighted by Crippen LogP contribution is 2.33. The van der Waals surface area contributed by atoms with Crippen LogP contribution in [0.25, 0.3) is 11.0 Å². The molecule has 0 aliphatic rings. The predicted molar refractivity (Wildman–Crippen MR) is 80.6 cm³/mol. The van der Waals surface area contributed by atoms with E-state index in [2.05, 4.69) is 9.97 Å². The second-order valence-electron chi connectivity index (χ2n) is 4.23. The largest absolute Gasteiger partial charge is 0.344 e. The molecule has 2 heterocycles. The summed E-state index contributed by atoms with van der Waals surface area (Å²) in [5, 5.41) is 2.17. The minimum atomic E-state index is 0.545. The third kappa shape index (κ3) is 2.15. The van der Waals surface area contributed by atoms with Gasteiger partial charge in [-0.15, -0.1) is 0 Å². The average Bonchev–Trinajstić information content (AvgIpc) is 2.85. The first kappa shape index (κ1) is 12.3. The van der Waals surface area contributed by atoms with Crippen LogP contribution in [0, 0.1) is 0 Å². The van der Waals surface area contributed by atoms with Gasteiger partial charge >= 0.3 is 0 Å². The zero-order valence-corrected chi connectivity index (χ0v) is 11.7. The van der Waals surface area contributed by atoms with Crippen LogP contribution in [0.2, 0.25) is 10.0 Å². The standard InChI is InChI=1S/C14H11Cl2N3/c1-19(9-4-5-11(15)12(16)7-9)13-8-18-14-10(13)3-2-6-17-14/h2-8H,1H3,(H,17,18). The Bertz CT molecular complexity index is 736. The fourth-order valence-electron chi connectivity index (χ4n) is 2.05. The van der Waals surface area contributed by atoms with Crippen molar-refractivity contribution in [2.45, 2.75) is 0 Å². The van der Waals surface area contributed by atoms with Gasteiger partial charge in [-0.1, -0.05) is 23.2 Å². The second kappa shape index (κ2) is 4.76. The third-order valence-electron chi connectivity index (χ3n) is 3.08. The van der Waals surface area contributed by atoms with Gasteiger partial charge < -0.3 is 9.88 Å². The van der Waals surface area contributed by atoms with E-state index in [-0.39, 0.29) is 0 Å². The highest BCUT2D eigenvalue weighted by atomic mass is 35.5. The Morgan fingerprint density at radius 1 is 1.16 bits per heavy atom. The molecule has 0 atom stereocenters. The fourth-order valence-corrected chi connectivity index (χ4v) is 2.34. The lowest BCUT2D eigenvalue weighted by Gasteiger charge is -2.18. The number of aromatic nitrogens is 2. The van der Waals surface area contributed by atoms with Crippen molar-refractivity contribution in [3.05, 3.63) is 52.8 Å². The highest BCUT2D eigenvalue weighted by molar-refractivity contribution is 6.42. The van der Waals surface area contributed by atoms with E-state index in [4.69, 9.17) is 23.2 Å². The van der Waals surface area contributed by atoms with E-state index in [0.29, 0.717) is 10.0 Å². The van der Waals surface area contributed by atoms with Crippen molar-refractivity contribution in [3.8, 4) is 0 Å². The first-order chi connectivity index (χ1) is 9.16. The molecule has 2 aromatic heterocycles. The molecule has 0 amide bonds. The molecule has 0 aliphatic carbocycles. The maximum Gasteiger partial charge on any atom is 0.139 e. The number of fused-ring (bicyclic) bond motifs is 1. The molecule has 0 radical (unpaired) electrons. The van der Waals surface area contributed by atoms with Crippen molar-refractivity contribution in [1.29, 1.82) is 0 Å². The van der Waals surface area contributed by atoms with Crippen molar-refractivity contribution in [2.75, 3.05) is 11.9 Å². The number of rotatable bonds is 2. The number of H-pyrrole nitrogens is 1. The van der Waals surface area contributed by atoms with Gasteiger partial charge in [0.1, 0.15) is 5.65 Å². The van der Waals surface area contributed by atoms with E-state index in [1.807, 2.05) is 42.4 Å². The smallest absolute Gasteiger partial charge is 0.139 e. The van der Waals surface area contributed by atoms with Crippen LogP contribution >= 0.6 is 23.2 Å². The Morgan fingerprint density at radius 2 is 2.00 bits per heavy atom. The lowest BCUT2D eigenvalue weighted by Crippen LogP contribution is -2.08. The van der Waals surface area contributed by atoms with Gasteiger partial charge in [0.05, 0.1) is 15.7 Å². The third-order valence-corrected chi connectivity index (χ3v) is 3.82. The number of nitrogens with one attached hydrogen (secondary N) is 1. The predicted octanol–water partition coefficient (Wildman–Crippen LogP) is 4.64. The summed E-state index contributed by atoms with van der Waals surface area (Å²) in [6.07, 6.45) is 3.70. The van der Waals surface area contributed by atoms with E-state index in [1.165, 1.54) is 0 Å². The minimum absolute atomic E-state index is 0.545. The molecule has 1 N–H and O–H groups in total. The number of pyridine rings is 1. The summed E-state index contributed by atoms with van der Waals surface area (Å²) in [6.45, 7) is 0. The molecule has 0 unspecified atom stereocenters. The van der Waals surface area contributed by atoms with Gasteiger partial charge in [0.15, 0.2) is 0 Å². The zero-order chi connectivity index (χ0) is 13.4. The molecular formula is C14H11Cl2N3. The van der Waals surface area contributed by atoms with Crippen molar-refractivity contribution in [3.63, 3.8) is 0 Å². The Hall–Kier alpha value is -1.71. The number of aromatic amines is 1. The van der Waals surface area contributed by atoms with E-state index in [0.717, 1.165) is 22.4 Å². The van der Waals surface area contributed by atoms with Crippen molar-refractivity contribution >= 4 is 45.6 Å². The summed E-state index contributed by atoms with van der Waals surface area (Å²) >= 11 is 12.0. The molecule has 3 rings (SSSR count). The molecule has 19 heavy (non-hydrogen) atoms. The van der Waals surface area contributed by atoms with Crippen molar-refractivity contribution in [1.82, 2.24) is 9.97 Å². The summed E-state index contributed by atoms with van der Waals surface area (Å²) in [7, 11) is 1.98. The van der Waals surface area contributed by atoms with Crippen LogP contribution in [0.5, 0.6) is 0 Å². The molecular weight excluding hydrogens is 281 g/mol. The Labute approximate surface area is 120 Å². The summed E-state index contributed by atoms with van der Waals surface area (Å²) in [6, 6.07) is 9.52. The van der Waals surface area contributed by atoms with Gasteiger partial charge in [-0.05, 0) is 30.3 Å². The topological polar surface area (TPSA) is 31.9 Å². The SMILES string of the molecule is CN(c1ccc(Cl)c(Cl)c1)c1c[nH]c2ncccc12. The average molecular weight is 292 g/mol. The monoisotopic (exact) mass is 291 g/mol. The van der Waals surface area contributed by atoms with E-state index in [1.54, 1.807) is 12.3 Å². The van der Waals surface area contributed by atoms with E-state index < -0.39 is 0 Å². The van der Waals surface area contributed by atoms with Gasteiger partial charge in [-0.25, -0.2) is 4.98 Å². The zero-order valence-electron chi connectivity index (χ0n) is 10.2. The molecule has 0 aliphatic heterocycles. The Balaban J connectivity index is 2.08. The number of nitrogens with zero attached hydrogens (tertiary/aromatic N) is 2.